The molecule has 112 valence electrons. The molecule has 0 saturated carbocycles. The molecule has 0 saturated heterocycles. The van der Waals surface area contributed by atoms with Crippen molar-refractivity contribution in [3.8, 4) is 0 Å². The van der Waals surface area contributed by atoms with Crippen molar-refractivity contribution in [3.05, 3.63) is 39.1 Å². The molecule has 1 aromatic carbocycles. The molecule has 2 aromatic rings. The average Bonchev–Trinajstić information content (AvgIpc) is 2.45. The van der Waals surface area contributed by atoms with Gasteiger partial charge in [-0.05, 0) is 40.5 Å². The molecule has 21 heavy (non-hydrogen) atoms. The molecular formula is C14H16BrClN4O. The largest absolute Gasteiger partial charge is 0.377 e. The Morgan fingerprint density at radius 1 is 1.24 bits per heavy atom. The number of rotatable bonds is 5. The molecule has 0 amide bonds. The van der Waals surface area contributed by atoms with Crippen molar-refractivity contribution < 1.29 is 4.74 Å². The second-order valence-corrected chi connectivity index (χ2v) is 5.71. The molecule has 0 spiro atoms. The van der Waals surface area contributed by atoms with E-state index < -0.39 is 0 Å². The average molecular weight is 372 g/mol. The van der Waals surface area contributed by atoms with Crippen LogP contribution in [0.1, 0.15) is 11.4 Å². The Hall–Kier alpha value is -1.37. The molecule has 0 fully saturated rings. The third kappa shape index (κ3) is 4.06. The number of halogens is 2. The van der Waals surface area contributed by atoms with Gasteiger partial charge in [-0.25, -0.2) is 9.97 Å². The number of hydrogen-bond acceptors (Lipinski definition) is 5. The molecule has 1 aromatic heterocycles. The Bertz CT molecular complexity index is 651. The lowest BCUT2D eigenvalue weighted by Crippen LogP contribution is -2.05. The molecule has 7 heteroatoms. The van der Waals surface area contributed by atoms with E-state index in [0.29, 0.717) is 29.1 Å². The third-order valence-electron chi connectivity index (χ3n) is 2.81. The van der Waals surface area contributed by atoms with Gasteiger partial charge in [-0.15, -0.1) is 0 Å². The number of hydrogen-bond donors (Lipinski definition) is 2. The summed E-state index contributed by atoms with van der Waals surface area (Å²) in [6.45, 7) is 2.30. The first kappa shape index (κ1) is 16.0. The first-order valence-corrected chi connectivity index (χ1v) is 7.48. The van der Waals surface area contributed by atoms with Crippen molar-refractivity contribution in [2.45, 2.75) is 13.5 Å². The van der Waals surface area contributed by atoms with Crippen LogP contribution in [0.15, 0.2) is 22.7 Å². The lowest BCUT2D eigenvalue weighted by atomic mass is 10.2. The van der Waals surface area contributed by atoms with E-state index in [4.69, 9.17) is 16.3 Å². The first-order chi connectivity index (χ1) is 10.0. The highest BCUT2D eigenvalue weighted by molar-refractivity contribution is 9.10. The van der Waals surface area contributed by atoms with E-state index in [9.17, 15) is 0 Å². The van der Waals surface area contributed by atoms with Crippen LogP contribution in [-0.2, 0) is 11.3 Å². The molecule has 0 radical (unpaired) electrons. The maximum atomic E-state index is 6.17. The third-order valence-corrected chi connectivity index (χ3v) is 3.88. The van der Waals surface area contributed by atoms with Gasteiger partial charge in [0.1, 0.15) is 18.2 Å². The van der Waals surface area contributed by atoms with Gasteiger partial charge in [-0.2, -0.15) is 0 Å². The van der Waals surface area contributed by atoms with Crippen LogP contribution in [0.2, 0.25) is 5.02 Å². The smallest absolute Gasteiger partial charge is 0.158 e. The summed E-state index contributed by atoms with van der Waals surface area (Å²) in [6, 6.07) is 5.64. The van der Waals surface area contributed by atoms with Crippen molar-refractivity contribution >= 4 is 44.9 Å². The predicted octanol–water partition coefficient (Wildman–Crippen LogP) is 4.13. The van der Waals surface area contributed by atoms with Crippen LogP contribution in [0.4, 0.5) is 17.3 Å². The predicted molar refractivity (Wildman–Crippen MR) is 89.5 cm³/mol. The monoisotopic (exact) mass is 370 g/mol. The lowest BCUT2D eigenvalue weighted by Gasteiger charge is -2.12. The number of nitrogens with zero attached hydrogens (tertiary/aromatic N) is 2. The molecule has 5 nitrogen and oxygen atoms in total. The van der Waals surface area contributed by atoms with Crippen molar-refractivity contribution in [2.24, 2.45) is 0 Å². The van der Waals surface area contributed by atoms with E-state index in [0.717, 1.165) is 15.7 Å². The second-order valence-electron chi connectivity index (χ2n) is 4.44. The number of aryl methyl sites for hydroxylation is 1. The Morgan fingerprint density at radius 3 is 2.62 bits per heavy atom. The molecular weight excluding hydrogens is 356 g/mol. The van der Waals surface area contributed by atoms with Gasteiger partial charge in [-0.3, -0.25) is 0 Å². The van der Waals surface area contributed by atoms with E-state index in [2.05, 4.69) is 36.5 Å². The zero-order valence-corrected chi connectivity index (χ0v) is 14.3. The van der Waals surface area contributed by atoms with Crippen LogP contribution in [0, 0.1) is 6.92 Å². The Morgan fingerprint density at radius 2 is 1.95 bits per heavy atom. The van der Waals surface area contributed by atoms with Gasteiger partial charge in [-0.1, -0.05) is 11.6 Å². The highest BCUT2D eigenvalue weighted by Crippen LogP contribution is 2.31. The summed E-state index contributed by atoms with van der Waals surface area (Å²) in [5.41, 5.74) is 1.85. The van der Waals surface area contributed by atoms with Gasteiger partial charge in [0.2, 0.25) is 0 Å². The zero-order valence-electron chi connectivity index (χ0n) is 12.0. The quantitative estimate of drug-likeness (QED) is 0.827. The number of ether oxygens (including phenoxy) is 1. The van der Waals surface area contributed by atoms with Crippen molar-refractivity contribution in [1.82, 2.24) is 9.97 Å². The van der Waals surface area contributed by atoms with Crippen LogP contribution in [0.5, 0.6) is 0 Å². The summed E-state index contributed by atoms with van der Waals surface area (Å²) < 4.78 is 6.00. The number of nitrogens with one attached hydrogen (secondary N) is 2. The minimum Gasteiger partial charge on any atom is -0.377 e. The van der Waals surface area contributed by atoms with Crippen LogP contribution >= 0.6 is 27.5 Å². The second kappa shape index (κ2) is 7.06. The molecule has 0 atom stereocenters. The minimum atomic E-state index is 0.347. The Kier molecular flexibility index (Phi) is 5.39. The summed E-state index contributed by atoms with van der Waals surface area (Å²) >= 11 is 9.68. The van der Waals surface area contributed by atoms with Crippen LogP contribution in [0.25, 0.3) is 0 Å². The summed E-state index contributed by atoms with van der Waals surface area (Å²) in [5, 5.41) is 6.93. The zero-order chi connectivity index (χ0) is 15.4. The van der Waals surface area contributed by atoms with Crippen LogP contribution < -0.4 is 10.6 Å². The molecule has 0 aliphatic heterocycles. The molecule has 0 aliphatic carbocycles. The van der Waals surface area contributed by atoms with Gasteiger partial charge in [0.05, 0.1) is 5.69 Å². The van der Waals surface area contributed by atoms with E-state index in [1.807, 2.05) is 25.1 Å². The van der Waals surface area contributed by atoms with Gasteiger partial charge in [0, 0.05) is 29.7 Å². The molecule has 0 aliphatic rings. The minimum absolute atomic E-state index is 0.347. The van der Waals surface area contributed by atoms with Gasteiger partial charge in [0.25, 0.3) is 0 Å². The molecule has 2 N–H and O–H groups in total. The summed E-state index contributed by atoms with van der Waals surface area (Å²) in [7, 11) is 3.42. The van der Waals surface area contributed by atoms with E-state index in [1.54, 1.807) is 14.2 Å². The Balaban J connectivity index is 2.34. The summed E-state index contributed by atoms with van der Waals surface area (Å²) in [6.07, 6.45) is 0. The fourth-order valence-electron chi connectivity index (χ4n) is 1.76. The standard InChI is InChI=1S/C14H16BrClN4O/c1-8-4-9(15)11(5-10(8)16)18-13-6-12(17-2)19-14(20-13)7-21-3/h4-6H,7H2,1-3H3,(H2,17,18,19,20). The highest BCUT2D eigenvalue weighted by atomic mass is 79.9. The van der Waals surface area contributed by atoms with Crippen LogP contribution in [0.3, 0.4) is 0 Å². The Labute approximate surface area is 137 Å². The van der Waals surface area contributed by atoms with Crippen molar-refractivity contribution in [2.75, 3.05) is 24.8 Å². The molecule has 0 unspecified atom stereocenters. The number of aromatic nitrogens is 2. The number of benzene rings is 1. The molecule has 2 rings (SSSR count). The van der Waals surface area contributed by atoms with Gasteiger partial charge < -0.3 is 15.4 Å². The van der Waals surface area contributed by atoms with Crippen LogP contribution in [-0.4, -0.2) is 24.1 Å². The SMILES string of the molecule is CNc1cc(Nc2cc(Cl)c(C)cc2Br)nc(COC)n1. The van der Waals surface area contributed by atoms with E-state index in [-0.39, 0.29) is 0 Å². The topological polar surface area (TPSA) is 59.1 Å². The molecule has 1 heterocycles. The van der Waals surface area contributed by atoms with Crippen molar-refractivity contribution in [1.29, 1.82) is 0 Å². The highest BCUT2D eigenvalue weighted by Gasteiger charge is 2.08. The number of methoxy groups -OCH3 is 1. The maximum Gasteiger partial charge on any atom is 0.158 e. The summed E-state index contributed by atoms with van der Waals surface area (Å²) in [5.74, 6) is 1.98. The van der Waals surface area contributed by atoms with Crippen molar-refractivity contribution in [3.63, 3.8) is 0 Å². The van der Waals surface area contributed by atoms with Gasteiger partial charge >= 0.3 is 0 Å². The van der Waals surface area contributed by atoms with E-state index in [1.165, 1.54) is 0 Å². The first-order valence-electron chi connectivity index (χ1n) is 6.30. The maximum absolute atomic E-state index is 6.17. The normalized spacial score (nSPS) is 10.5. The fourth-order valence-corrected chi connectivity index (χ4v) is 2.48. The fraction of sp³-hybridized carbons (Fsp3) is 0.286. The number of anilines is 3. The summed E-state index contributed by atoms with van der Waals surface area (Å²) in [4.78, 5) is 8.72. The molecule has 0 bridgehead atoms. The lowest BCUT2D eigenvalue weighted by molar-refractivity contribution is 0.178. The van der Waals surface area contributed by atoms with E-state index >= 15 is 0 Å². The van der Waals surface area contributed by atoms with Gasteiger partial charge in [0.15, 0.2) is 5.82 Å².